The lowest BCUT2D eigenvalue weighted by Gasteiger charge is -2.38. The Balaban J connectivity index is 1.04. The van der Waals surface area contributed by atoms with Gasteiger partial charge in [0.15, 0.2) is 0 Å². The van der Waals surface area contributed by atoms with E-state index in [0.29, 0.717) is 44.5 Å². The van der Waals surface area contributed by atoms with Crippen molar-refractivity contribution in [1.29, 1.82) is 0 Å². The Hall–Kier alpha value is -3.67. The van der Waals surface area contributed by atoms with Crippen LogP contribution in [0.4, 0.5) is 16.3 Å². The van der Waals surface area contributed by atoms with Gasteiger partial charge in [0, 0.05) is 68.1 Å². The van der Waals surface area contributed by atoms with Crippen molar-refractivity contribution in [2.45, 2.75) is 88.5 Å². The Kier molecular flexibility index (Phi) is 9.24. The third kappa shape index (κ3) is 6.41. The van der Waals surface area contributed by atoms with Crippen LogP contribution in [0.3, 0.4) is 0 Å². The smallest absolute Gasteiger partial charge is 0.407 e. The van der Waals surface area contributed by atoms with Crippen molar-refractivity contribution in [2.75, 3.05) is 69.5 Å². The van der Waals surface area contributed by atoms with E-state index in [4.69, 9.17) is 24.2 Å². The number of benzene rings is 2. The third-order valence-electron chi connectivity index (χ3n) is 11.7. The first kappa shape index (κ1) is 32.5. The summed E-state index contributed by atoms with van der Waals surface area (Å²) in [7, 11) is 1.62. The number of ether oxygens (including phenoxy) is 3. The highest BCUT2D eigenvalue weighted by molar-refractivity contribution is 5.97. The number of nitrogens with zero attached hydrogens (tertiary/aromatic N) is 5. The van der Waals surface area contributed by atoms with Gasteiger partial charge in [-0.25, -0.2) is 4.79 Å². The van der Waals surface area contributed by atoms with Crippen molar-refractivity contribution in [1.82, 2.24) is 25.5 Å². The average molecular weight is 670 g/mol. The molecule has 0 aliphatic carbocycles. The second-order valence-corrected chi connectivity index (χ2v) is 14.6. The van der Waals surface area contributed by atoms with Gasteiger partial charge in [0.2, 0.25) is 0 Å². The van der Waals surface area contributed by atoms with Gasteiger partial charge < -0.3 is 34.6 Å². The van der Waals surface area contributed by atoms with E-state index in [1.807, 2.05) is 0 Å². The molecule has 5 aliphatic rings. The predicted octanol–water partition coefficient (Wildman–Crippen LogP) is 4.44. The topological polar surface area (TPSA) is 104 Å². The molecule has 0 radical (unpaired) electrons. The Morgan fingerprint density at radius 3 is 2.69 bits per heavy atom. The first-order chi connectivity index (χ1) is 24.0. The fourth-order valence-electron chi connectivity index (χ4n) is 9.31. The van der Waals surface area contributed by atoms with E-state index in [1.54, 1.807) is 7.11 Å². The van der Waals surface area contributed by atoms with Crippen molar-refractivity contribution in [3.8, 4) is 6.01 Å². The lowest BCUT2D eigenvalue weighted by molar-refractivity contribution is 0.0544. The number of hydrogen-bond donors (Lipinski definition) is 2. The largest absolute Gasteiger partial charge is 0.461 e. The van der Waals surface area contributed by atoms with Gasteiger partial charge in [0.1, 0.15) is 19.0 Å². The van der Waals surface area contributed by atoms with Crippen molar-refractivity contribution < 1.29 is 19.0 Å². The van der Waals surface area contributed by atoms with E-state index >= 15 is 0 Å². The van der Waals surface area contributed by atoms with E-state index in [2.05, 4.69) is 68.7 Å². The lowest BCUT2D eigenvalue weighted by atomic mass is 9.95. The summed E-state index contributed by atoms with van der Waals surface area (Å²) in [5, 5.41) is 9.20. The number of nitrogens with one attached hydrogen (secondary N) is 2. The van der Waals surface area contributed by atoms with Crippen LogP contribution < -0.4 is 25.2 Å². The minimum Gasteiger partial charge on any atom is -0.461 e. The SMILES string of the molecule is CCc1cccc2cccc(N3CCc4c(nc(OCC56CCCN5[C@@H](COC(=O)NCCOC)CC6)nc4N4CC5CCC(C4)N5)C3)c12. The van der Waals surface area contributed by atoms with Crippen LogP contribution in [0.5, 0.6) is 6.01 Å². The van der Waals surface area contributed by atoms with Crippen LogP contribution in [0.25, 0.3) is 10.8 Å². The molecule has 1 amide bonds. The summed E-state index contributed by atoms with van der Waals surface area (Å²) >= 11 is 0. The molecule has 2 aromatic carbocycles. The third-order valence-corrected chi connectivity index (χ3v) is 11.7. The van der Waals surface area contributed by atoms with Crippen LogP contribution in [0.1, 0.15) is 62.3 Å². The van der Waals surface area contributed by atoms with E-state index < -0.39 is 0 Å². The fraction of sp³-hybridized carbons (Fsp3) is 0.605. The molecular formula is C38H51N7O4. The molecule has 0 spiro atoms. The number of aromatic nitrogens is 2. The average Bonchev–Trinajstić information content (AvgIpc) is 3.81. The number of piperazine rings is 1. The fourth-order valence-corrected chi connectivity index (χ4v) is 9.31. The number of hydrogen-bond acceptors (Lipinski definition) is 10. The van der Waals surface area contributed by atoms with Gasteiger partial charge in [-0.1, -0.05) is 37.3 Å². The van der Waals surface area contributed by atoms with Gasteiger partial charge >= 0.3 is 12.1 Å². The van der Waals surface area contributed by atoms with Gasteiger partial charge in [0.05, 0.1) is 24.4 Å². The summed E-state index contributed by atoms with van der Waals surface area (Å²) in [5.41, 5.74) is 4.95. The number of rotatable bonds is 11. The molecule has 262 valence electrons. The molecular weight excluding hydrogens is 618 g/mol. The Labute approximate surface area is 289 Å². The summed E-state index contributed by atoms with van der Waals surface area (Å²) in [5.74, 6) is 1.07. The van der Waals surface area contributed by atoms with E-state index in [0.717, 1.165) is 82.8 Å². The maximum atomic E-state index is 12.2. The molecule has 3 aromatic rings. The van der Waals surface area contributed by atoms with Crippen molar-refractivity contribution in [2.24, 2.45) is 0 Å². The highest BCUT2D eigenvalue weighted by atomic mass is 16.5. The van der Waals surface area contributed by atoms with Gasteiger partial charge in [-0.15, -0.1) is 0 Å². The molecule has 11 nitrogen and oxygen atoms in total. The van der Waals surface area contributed by atoms with Crippen LogP contribution >= 0.6 is 0 Å². The molecule has 8 rings (SSSR count). The molecule has 11 heteroatoms. The van der Waals surface area contributed by atoms with E-state index in [1.165, 1.54) is 40.4 Å². The Morgan fingerprint density at radius 2 is 1.88 bits per heavy atom. The Bertz CT molecular complexity index is 1650. The number of methoxy groups -OCH3 is 1. The molecule has 4 saturated heterocycles. The zero-order valence-electron chi connectivity index (χ0n) is 29.1. The summed E-state index contributed by atoms with van der Waals surface area (Å²) in [6.45, 7) is 8.69. The maximum Gasteiger partial charge on any atom is 0.407 e. The first-order valence-electron chi connectivity index (χ1n) is 18.5. The van der Waals surface area contributed by atoms with Gasteiger partial charge in [-0.2, -0.15) is 9.97 Å². The lowest BCUT2D eigenvalue weighted by Crippen LogP contribution is -2.52. The normalized spacial score (nSPS) is 26.2. The van der Waals surface area contributed by atoms with Gasteiger partial charge in [-0.05, 0) is 74.9 Å². The number of alkyl carbamates (subject to hydrolysis) is 1. The zero-order chi connectivity index (χ0) is 33.4. The van der Waals surface area contributed by atoms with Crippen LogP contribution in [-0.2, 0) is 28.9 Å². The second-order valence-electron chi connectivity index (χ2n) is 14.6. The molecule has 4 fully saturated rings. The number of amides is 1. The molecule has 0 saturated carbocycles. The molecule has 2 bridgehead atoms. The Morgan fingerprint density at radius 1 is 1.04 bits per heavy atom. The maximum absolute atomic E-state index is 12.2. The number of fused-ring (bicyclic) bond motifs is 5. The minimum absolute atomic E-state index is 0.0837. The molecule has 3 unspecified atom stereocenters. The van der Waals surface area contributed by atoms with Gasteiger partial charge in [0.25, 0.3) is 0 Å². The van der Waals surface area contributed by atoms with Crippen LogP contribution in [0.15, 0.2) is 36.4 Å². The first-order valence-corrected chi connectivity index (χ1v) is 18.5. The number of carbonyl (C=O) groups excluding carboxylic acids is 1. The second kappa shape index (κ2) is 13.9. The number of anilines is 2. The molecule has 2 N–H and O–H groups in total. The highest BCUT2D eigenvalue weighted by Crippen LogP contribution is 2.43. The minimum atomic E-state index is -0.384. The molecule has 6 heterocycles. The van der Waals surface area contributed by atoms with Crippen molar-refractivity contribution in [3.63, 3.8) is 0 Å². The zero-order valence-corrected chi connectivity index (χ0v) is 29.1. The summed E-state index contributed by atoms with van der Waals surface area (Å²) in [6, 6.07) is 15.1. The van der Waals surface area contributed by atoms with Crippen LogP contribution in [-0.4, -0.2) is 104 Å². The highest BCUT2D eigenvalue weighted by Gasteiger charge is 2.50. The molecule has 49 heavy (non-hydrogen) atoms. The molecule has 1 aromatic heterocycles. The van der Waals surface area contributed by atoms with Crippen molar-refractivity contribution in [3.05, 3.63) is 53.2 Å². The molecule has 4 atom stereocenters. The molecule has 5 aliphatic heterocycles. The number of carbonyl (C=O) groups is 1. The monoisotopic (exact) mass is 669 g/mol. The van der Waals surface area contributed by atoms with Gasteiger partial charge in [-0.3, -0.25) is 4.90 Å². The standard InChI is InChI=1S/C38H51N7O4/c1-3-26-7-4-8-27-9-5-10-33(34(26)27)43-19-14-31-32(23-43)41-36(42-35(31)44-21-28-11-12-29(22-44)40-28)49-25-38-15-6-18-45(38)30(13-16-38)24-48-37(46)39-17-20-47-2/h4-5,7-10,28-30,40H,3,6,11-25H2,1-2H3,(H,39,46)/t28?,29?,30-,38?/m1/s1. The van der Waals surface area contributed by atoms with Crippen LogP contribution in [0, 0.1) is 0 Å². The quantitative estimate of drug-likeness (QED) is 0.285. The van der Waals surface area contributed by atoms with E-state index in [9.17, 15) is 4.79 Å². The predicted molar refractivity (Wildman–Crippen MR) is 191 cm³/mol. The summed E-state index contributed by atoms with van der Waals surface area (Å²) in [6.07, 6.45) is 8.15. The summed E-state index contributed by atoms with van der Waals surface area (Å²) < 4.78 is 17.3. The van der Waals surface area contributed by atoms with E-state index in [-0.39, 0.29) is 17.7 Å². The summed E-state index contributed by atoms with van der Waals surface area (Å²) in [4.78, 5) is 30.2. The van der Waals surface area contributed by atoms with Crippen LogP contribution in [0.2, 0.25) is 0 Å². The number of aryl methyl sites for hydroxylation is 1. The van der Waals surface area contributed by atoms with Crippen molar-refractivity contribution >= 4 is 28.4 Å².